The van der Waals surface area contributed by atoms with Gasteiger partial charge in [0.25, 0.3) is 0 Å². The molecule has 1 aliphatic heterocycles. The summed E-state index contributed by atoms with van der Waals surface area (Å²) in [5.74, 6) is 0.204. The van der Waals surface area contributed by atoms with E-state index in [9.17, 15) is 4.79 Å². The van der Waals surface area contributed by atoms with E-state index in [1.165, 1.54) is 11.3 Å². The molecule has 2 heterocycles. The van der Waals surface area contributed by atoms with Gasteiger partial charge in [-0.2, -0.15) is 0 Å². The number of thiazole rings is 1. The van der Waals surface area contributed by atoms with Crippen LogP contribution in [0.15, 0.2) is 24.3 Å². The fraction of sp³-hybridized carbons (Fsp3) is 0.429. The number of rotatable bonds is 2. The number of amides is 1. The third kappa shape index (κ3) is 2.77. The minimum Gasteiger partial charge on any atom is -0.314 e. The van der Waals surface area contributed by atoms with Crippen LogP contribution in [0.1, 0.15) is 19.8 Å². The fourth-order valence-corrected chi connectivity index (χ4v) is 3.37. The summed E-state index contributed by atoms with van der Waals surface area (Å²) in [6.07, 6.45) is 1.80. The zero-order chi connectivity index (χ0) is 13.2. The van der Waals surface area contributed by atoms with Crippen molar-refractivity contribution in [3.8, 4) is 0 Å². The van der Waals surface area contributed by atoms with E-state index < -0.39 is 0 Å². The Bertz CT molecular complexity index is 562. The number of carbonyl (C=O) groups excluding carboxylic acids is 1. The van der Waals surface area contributed by atoms with Gasteiger partial charge in [0, 0.05) is 12.0 Å². The molecule has 0 aliphatic carbocycles. The van der Waals surface area contributed by atoms with Crippen LogP contribution in [0.25, 0.3) is 10.2 Å². The van der Waals surface area contributed by atoms with E-state index >= 15 is 0 Å². The van der Waals surface area contributed by atoms with Crippen molar-refractivity contribution in [2.24, 2.45) is 5.92 Å². The lowest BCUT2D eigenvalue weighted by Gasteiger charge is -2.26. The first-order chi connectivity index (χ1) is 9.22. The molecule has 0 bridgehead atoms. The summed E-state index contributed by atoms with van der Waals surface area (Å²) in [5.41, 5.74) is 0.946. The third-order valence-electron chi connectivity index (χ3n) is 3.52. The minimum absolute atomic E-state index is 0.100. The molecule has 2 N–H and O–H groups in total. The number of para-hydroxylation sites is 1. The molecule has 2 unspecified atom stereocenters. The summed E-state index contributed by atoms with van der Waals surface area (Å²) >= 11 is 1.53. The zero-order valence-corrected chi connectivity index (χ0v) is 11.7. The maximum absolute atomic E-state index is 12.2. The van der Waals surface area contributed by atoms with Crippen LogP contribution in [0.2, 0.25) is 0 Å². The number of hydrogen-bond acceptors (Lipinski definition) is 4. The molecule has 2 atom stereocenters. The fourth-order valence-electron chi connectivity index (χ4n) is 2.50. The van der Waals surface area contributed by atoms with Gasteiger partial charge in [0.1, 0.15) is 0 Å². The molecule has 1 aliphatic rings. The van der Waals surface area contributed by atoms with Crippen LogP contribution in [0.4, 0.5) is 5.13 Å². The number of aromatic nitrogens is 1. The van der Waals surface area contributed by atoms with Gasteiger partial charge in [0.2, 0.25) is 5.91 Å². The Morgan fingerprint density at radius 2 is 2.32 bits per heavy atom. The normalized spacial score (nSPS) is 23.4. The van der Waals surface area contributed by atoms with Gasteiger partial charge in [-0.25, -0.2) is 4.98 Å². The van der Waals surface area contributed by atoms with Crippen molar-refractivity contribution in [3.63, 3.8) is 0 Å². The van der Waals surface area contributed by atoms with E-state index in [0.29, 0.717) is 11.2 Å². The summed E-state index contributed by atoms with van der Waals surface area (Å²) in [4.78, 5) is 16.7. The summed E-state index contributed by atoms with van der Waals surface area (Å²) in [5, 5.41) is 7.03. The van der Waals surface area contributed by atoms with Gasteiger partial charge >= 0.3 is 0 Å². The summed E-state index contributed by atoms with van der Waals surface area (Å²) in [6, 6.07) is 8.35. The number of hydrogen-bond donors (Lipinski definition) is 2. The third-order valence-corrected chi connectivity index (χ3v) is 4.47. The Labute approximate surface area is 116 Å². The Morgan fingerprint density at radius 1 is 1.47 bits per heavy atom. The first-order valence-corrected chi connectivity index (χ1v) is 7.44. The maximum Gasteiger partial charge on any atom is 0.229 e. The van der Waals surface area contributed by atoms with Crippen LogP contribution in [-0.4, -0.2) is 23.5 Å². The molecule has 3 rings (SSSR count). The number of benzene rings is 1. The average Bonchev–Trinajstić information content (AvgIpc) is 2.80. The van der Waals surface area contributed by atoms with E-state index in [0.717, 1.165) is 29.6 Å². The first-order valence-electron chi connectivity index (χ1n) is 6.62. The molecule has 0 saturated carbocycles. The van der Waals surface area contributed by atoms with Crippen molar-refractivity contribution in [3.05, 3.63) is 24.3 Å². The van der Waals surface area contributed by atoms with Crippen molar-refractivity contribution in [1.82, 2.24) is 10.3 Å². The highest BCUT2D eigenvalue weighted by molar-refractivity contribution is 7.22. The lowest BCUT2D eigenvalue weighted by molar-refractivity contribution is -0.120. The van der Waals surface area contributed by atoms with Gasteiger partial charge in [-0.05, 0) is 38.4 Å². The van der Waals surface area contributed by atoms with Gasteiger partial charge in [-0.15, -0.1) is 0 Å². The van der Waals surface area contributed by atoms with Gasteiger partial charge in [0.05, 0.1) is 10.2 Å². The molecular formula is C14H17N3OS. The van der Waals surface area contributed by atoms with Crippen LogP contribution in [0, 0.1) is 5.92 Å². The molecule has 2 aromatic rings. The predicted molar refractivity (Wildman–Crippen MR) is 78.4 cm³/mol. The lowest BCUT2D eigenvalue weighted by atomic mass is 9.93. The van der Waals surface area contributed by atoms with E-state index in [1.54, 1.807) is 0 Å². The van der Waals surface area contributed by atoms with Gasteiger partial charge in [-0.3, -0.25) is 4.79 Å². The molecule has 0 spiro atoms. The predicted octanol–water partition coefficient (Wildman–Crippen LogP) is 2.62. The SMILES string of the molecule is CC1CC(C(=O)Nc2nc3ccccc3s2)CCN1. The molecule has 4 nitrogen and oxygen atoms in total. The quantitative estimate of drug-likeness (QED) is 0.886. The zero-order valence-electron chi connectivity index (χ0n) is 10.8. The number of carbonyl (C=O) groups is 1. The Hall–Kier alpha value is -1.46. The number of anilines is 1. The molecule has 1 fully saturated rings. The van der Waals surface area contributed by atoms with Gasteiger partial charge in [-0.1, -0.05) is 23.5 Å². The van der Waals surface area contributed by atoms with Crippen LogP contribution in [0.5, 0.6) is 0 Å². The highest BCUT2D eigenvalue weighted by Crippen LogP contribution is 2.26. The standard InChI is InChI=1S/C14H17N3OS/c1-9-8-10(6-7-15-9)13(18)17-14-16-11-4-2-3-5-12(11)19-14/h2-5,9-10,15H,6-8H2,1H3,(H,16,17,18). The van der Waals surface area contributed by atoms with Crippen LogP contribution < -0.4 is 10.6 Å². The molecule has 19 heavy (non-hydrogen) atoms. The number of nitrogens with one attached hydrogen (secondary N) is 2. The largest absolute Gasteiger partial charge is 0.314 e. The first kappa shape index (κ1) is 12.6. The smallest absolute Gasteiger partial charge is 0.229 e. The van der Waals surface area contributed by atoms with E-state index in [2.05, 4.69) is 22.5 Å². The number of piperidine rings is 1. The van der Waals surface area contributed by atoms with Gasteiger partial charge in [0.15, 0.2) is 5.13 Å². The summed E-state index contributed by atoms with van der Waals surface area (Å²) in [6.45, 7) is 3.04. The maximum atomic E-state index is 12.2. The van der Waals surface area contributed by atoms with E-state index in [4.69, 9.17) is 0 Å². The Morgan fingerprint density at radius 3 is 3.11 bits per heavy atom. The van der Waals surface area contributed by atoms with E-state index in [-0.39, 0.29) is 11.8 Å². The second kappa shape index (κ2) is 5.27. The highest BCUT2D eigenvalue weighted by atomic mass is 32.1. The van der Waals surface area contributed by atoms with Crippen LogP contribution in [-0.2, 0) is 4.79 Å². The highest BCUT2D eigenvalue weighted by Gasteiger charge is 2.25. The Kier molecular flexibility index (Phi) is 3.48. The number of nitrogens with zero attached hydrogens (tertiary/aromatic N) is 1. The molecule has 1 saturated heterocycles. The molecule has 5 heteroatoms. The molecule has 1 aromatic carbocycles. The average molecular weight is 275 g/mol. The summed E-state index contributed by atoms with van der Waals surface area (Å²) < 4.78 is 1.11. The van der Waals surface area contributed by atoms with Crippen LogP contribution >= 0.6 is 11.3 Å². The molecule has 0 radical (unpaired) electrons. The monoisotopic (exact) mass is 275 g/mol. The van der Waals surface area contributed by atoms with E-state index in [1.807, 2.05) is 24.3 Å². The minimum atomic E-state index is 0.100. The second-order valence-corrected chi connectivity index (χ2v) is 6.08. The topological polar surface area (TPSA) is 54.0 Å². The molecule has 100 valence electrons. The summed E-state index contributed by atoms with van der Waals surface area (Å²) in [7, 11) is 0. The van der Waals surface area contributed by atoms with Crippen molar-refractivity contribution < 1.29 is 4.79 Å². The number of fused-ring (bicyclic) bond motifs is 1. The second-order valence-electron chi connectivity index (χ2n) is 5.05. The van der Waals surface area contributed by atoms with Crippen LogP contribution in [0.3, 0.4) is 0 Å². The van der Waals surface area contributed by atoms with Crippen molar-refractivity contribution in [2.75, 3.05) is 11.9 Å². The van der Waals surface area contributed by atoms with Crippen molar-refractivity contribution in [2.45, 2.75) is 25.8 Å². The van der Waals surface area contributed by atoms with Crippen molar-refractivity contribution >= 4 is 32.6 Å². The van der Waals surface area contributed by atoms with Crippen molar-refractivity contribution in [1.29, 1.82) is 0 Å². The molecular weight excluding hydrogens is 258 g/mol. The van der Waals surface area contributed by atoms with Gasteiger partial charge < -0.3 is 10.6 Å². The lowest BCUT2D eigenvalue weighted by Crippen LogP contribution is -2.40. The molecule has 1 amide bonds. The Balaban J connectivity index is 1.71. The molecule has 1 aromatic heterocycles.